The van der Waals surface area contributed by atoms with Gasteiger partial charge in [0.1, 0.15) is 5.60 Å². The third kappa shape index (κ3) is 4.16. The summed E-state index contributed by atoms with van der Waals surface area (Å²) < 4.78 is 1.70. The van der Waals surface area contributed by atoms with Gasteiger partial charge in [-0.2, -0.15) is 5.10 Å². The Kier molecular flexibility index (Phi) is 5.02. The molecule has 0 fully saturated rings. The van der Waals surface area contributed by atoms with Gasteiger partial charge in [-0.3, -0.25) is 4.68 Å². The van der Waals surface area contributed by atoms with Crippen LogP contribution in [0.3, 0.4) is 0 Å². The molecule has 0 aliphatic carbocycles. The molecule has 2 unspecified atom stereocenters. The first-order chi connectivity index (χ1) is 12.0. The van der Waals surface area contributed by atoms with E-state index in [9.17, 15) is 5.11 Å². The van der Waals surface area contributed by atoms with Crippen molar-refractivity contribution in [3.63, 3.8) is 0 Å². The minimum atomic E-state index is -0.952. The second kappa shape index (κ2) is 7.21. The first kappa shape index (κ1) is 17.4. The van der Waals surface area contributed by atoms with E-state index in [2.05, 4.69) is 53.7 Å². The molecular formula is C21H25N3O. The van der Waals surface area contributed by atoms with Gasteiger partial charge < -0.3 is 10.4 Å². The van der Waals surface area contributed by atoms with Gasteiger partial charge in [-0.25, -0.2) is 0 Å². The molecule has 2 atom stereocenters. The molecule has 4 nitrogen and oxygen atoms in total. The predicted molar refractivity (Wildman–Crippen MR) is 101 cm³/mol. The van der Waals surface area contributed by atoms with Gasteiger partial charge in [0.15, 0.2) is 0 Å². The molecule has 0 amide bonds. The SMILES string of the molecule is CC(NCC(C)(O)c1cnn(C)c1)c1ccc(-c2ccccc2)cc1. The quantitative estimate of drug-likeness (QED) is 0.723. The molecule has 4 heteroatoms. The molecule has 0 saturated carbocycles. The van der Waals surface area contributed by atoms with Crippen LogP contribution in [0.5, 0.6) is 0 Å². The van der Waals surface area contributed by atoms with Crippen molar-refractivity contribution in [3.05, 3.63) is 78.1 Å². The van der Waals surface area contributed by atoms with Crippen LogP contribution in [0.15, 0.2) is 67.0 Å². The Hall–Kier alpha value is -2.43. The highest BCUT2D eigenvalue weighted by molar-refractivity contribution is 5.63. The topological polar surface area (TPSA) is 50.1 Å². The average Bonchev–Trinajstić information content (AvgIpc) is 3.08. The monoisotopic (exact) mass is 335 g/mol. The first-order valence-electron chi connectivity index (χ1n) is 8.56. The lowest BCUT2D eigenvalue weighted by atomic mass is 9.98. The second-order valence-corrected chi connectivity index (χ2v) is 6.77. The van der Waals surface area contributed by atoms with Crippen LogP contribution in [0.25, 0.3) is 11.1 Å². The van der Waals surface area contributed by atoms with E-state index < -0.39 is 5.60 Å². The summed E-state index contributed by atoms with van der Waals surface area (Å²) >= 11 is 0. The third-order valence-electron chi connectivity index (χ3n) is 4.60. The van der Waals surface area contributed by atoms with Crippen LogP contribution in [-0.2, 0) is 12.6 Å². The zero-order chi connectivity index (χ0) is 17.9. The van der Waals surface area contributed by atoms with Crippen LogP contribution in [0.4, 0.5) is 0 Å². The van der Waals surface area contributed by atoms with Gasteiger partial charge >= 0.3 is 0 Å². The van der Waals surface area contributed by atoms with Crippen molar-refractivity contribution in [1.82, 2.24) is 15.1 Å². The molecule has 0 bridgehead atoms. The van der Waals surface area contributed by atoms with Crippen LogP contribution < -0.4 is 5.32 Å². The van der Waals surface area contributed by atoms with Crippen molar-refractivity contribution in [3.8, 4) is 11.1 Å². The Balaban J connectivity index is 1.64. The van der Waals surface area contributed by atoms with E-state index in [0.29, 0.717) is 6.54 Å². The summed E-state index contributed by atoms with van der Waals surface area (Å²) in [5.74, 6) is 0. The molecule has 1 heterocycles. The van der Waals surface area contributed by atoms with Gasteiger partial charge in [0.25, 0.3) is 0 Å². The van der Waals surface area contributed by atoms with E-state index in [0.717, 1.165) is 5.56 Å². The lowest BCUT2D eigenvalue weighted by Crippen LogP contribution is -2.36. The molecule has 2 aromatic carbocycles. The maximum absolute atomic E-state index is 10.7. The van der Waals surface area contributed by atoms with Gasteiger partial charge in [-0.1, -0.05) is 54.6 Å². The summed E-state index contributed by atoms with van der Waals surface area (Å²) in [4.78, 5) is 0. The number of hydrogen-bond donors (Lipinski definition) is 2. The molecule has 3 rings (SSSR count). The normalized spacial score (nSPS) is 14.9. The van der Waals surface area contributed by atoms with E-state index in [1.54, 1.807) is 10.9 Å². The Morgan fingerprint density at radius 3 is 2.32 bits per heavy atom. The van der Waals surface area contributed by atoms with E-state index in [1.165, 1.54) is 16.7 Å². The highest BCUT2D eigenvalue weighted by atomic mass is 16.3. The van der Waals surface area contributed by atoms with E-state index in [1.807, 2.05) is 38.4 Å². The molecular weight excluding hydrogens is 310 g/mol. The van der Waals surface area contributed by atoms with Gasteiger partial charge in [0.2, 0.25) is 0 Å². The van der Waals surface area contributed by atoms with Crippen molar-refractivity contribution in [2.75, 3.05) is 6.54 Å². The molecule has 1 aromatic heterocycles. The fourth-order valence-corrected chi connectivity index (χ4v) is 2.87. The van der Waals surface area contributed by atoms with E-state index in [4.69, 9.17) is 0 Å². The first-order valence-corrected chi connectivity index (χ1v) is 8.56. The summed E-state index contributed by atoms with van der Waals surface area (Å²) in [7, 11) is 1.85. The zero-order valence-electron chi connectivity index (χ0n) is 15.0. The summed E-state index contributed by atoms with van der Waals surface area (Å²) in [6, 6.07) is 19.1. The number of aryl methyl sites for hydroxylation is 1. The van der Waals surface area contributed by atoms with Crippen molar-refractivity contribution in [2.45, 2.75) is 25.5 Å². The third-order valence-corrected chi connectivity index (χ3v) is 4.60. The van der Waals surface area contributed by atoms with Gasteiger partial charge in [-0.05, 0) is 30.5 Å². The standard InChI is InChI=1S/C21H25N3O/c1-16(22-15-21(2,25)20-13-23-24(3)14-20)17-9-11-19(12-10-17)18-7-5-4-6-8-18/h4-14,16,22,25H,15H2,1-3H3. The van der Waals surface area contributed by atoms with Crippen molar-refractivity contribution < 1.29 is 5.11 Å². The molecule has 0 radical (unpaired) electrons. The highest BCUT2D eigenvalue weighted by Crippen LogP contribution is 2.23. The Morgan fingerprint density at radius 1 is 1.08 bits per heavy atom. The summed E-state index contributed by atoms with van der Waals surface area (Å²) in [5.41, 5.74) is 3.48. The van der Waals surface area contributed by atoms with Crippen LogP contribution >= 0.6 is 0 Å². The number of nitrogens with zero attached hydrogens (tertiary/aromatic N) is 2. The van der Waals surface area contributed by atoms with Crippen LogP contribution in [0.1, 0.15) is 31.0 Å². The Morgan fingerprint density at radius 2 is 1.72 bits per heavy atom. The van der Waals surface area contributed by atoms with Crippen molar-refractivity contribution >= 4 is 0 Å². The van der Waals surface area contributed by atoms with Gasteiger partial charge in [-0.15, -0.1) is 0 Å². The Bertz CT molecular complexity index is 807. The minimum Gasteiger partial charge on any atom is -0.384 e. The molecule has 0 aliphatic heterocycles. The highest BCUT2D eigenvalue weighted by Gasteiger charge is 2.25. The van der Waals surface area contributed by atoms with E-state index in [-0.39, 0.29) is 6.04 Å². The number of aliphatic hydroxyl groups is 1. The van der Waals surface area contributed by atoms with Crippen LogP contribution in [0.2, 0.25) is 0 Å². The molecule has 2 N–H and O–H groups in total. The molecule has 0 aliphatic rings. The fraction of sp³-hybridized carbons (Fsp3) is 0.286. The number of benzene rings is 2. The van der Waals surface area contributed by atoms with Gasteiger partial charge in [0.05, 0.1) is 6.20 Å². The van der Waals surface area contributed by atoms with Crippen molar-refractivity contribution in [2.24, 2.45) is 7.05 Å². The lowest BCUT2D eigenvalue weighted by molar-refractivity contribution is 0.0543. The minimum absolute atomic E-state index is 0.146. The van der Waals surface area contributed by atoms with Crippen LogP contribution in [0, 0.1) is 0 Å². The second-order valence-electron chi connectivity index (χ2n) is 6.77. The molecule has 130 valence electrons. The molecule has 3 aromatic rings. The fourth-order valence-electron chi connectivity index (χ4n) is 2.87. The largest absolute Gasteiger partial charge is 0.384 e. The van der Waals surface area contributed by atoms with Gasteiger partial charge in [0, 0.05) is 31.4 Å². The number of nitrogens with one attached hydrogen (secondary N) is 1. The molecule has 25 heavy (non-hydrogen) atoms. The summed E-state index contributed by atoms with van der Waals surface area (Å²) in [5, 5.41) is 18.2. The summed E-state index contributed by atoms with van der Waals surface area (Å²) in [6.45, 7) is 4.37. The van der Waals surface area contributed by atoms with Crippen LogP contribution in [-0.4, -0.2) is 21.4 Å². The summed E-state index contributed by atoms with van der Waals surface area (Å²) in [6.07, 6.45) is 3.56. The molecule has 0 spiro atoms. The van der Waals surface area contributed by atoms with Crippen molar-refractivity contribution in [1.29, 1.82) is 0 Å². The zero-order valence-corrected chi connectivity index (χ0v) is 15.0. The molecule has 0 saturated heterocycles. The average molecular weight is 335 g/mol. The van der Waals surface area contributed by atoms with E-state index >= 15 is 0 Å². The number of rotatable bonds is 6. The lowest BCUT2D eigenvalue weighted by Gasteiger charge is -2.25. The maximum Gasteiger partial charge on any atom is 0.102 e. The number of hydrogen-bond acceptors (Lipinski definition) is 3. The predicted octanol–water partition coefficient (Wildman–Crippen LogP) is 3.65. The smallest absolute Gasteiger partial charge is 0.102 e. The Labute approximate surface area is 149 Å². The maximum atomic E-state index is 10.7. The number of aromatic nitrogens is 2.